The molecule has 0 saturated heterocycles. The normalized spacial score (nSPS) is 11.9. The van der Waals surface area contributed by atoms with Gasteiger partial charge in [0.15, 0.2) is 5.82 Å². The molecule has 0 radical (unpaired) electrons. The molecular formula is C8H6BrClF2N2. The second kappa shape index (κ2) is 4.70. The smallest absolute Gasteiger partial charge is 0.151 e. The summed E-state index contributed by atoms with van der Waals surface area (Å²) in [6, 6.07) is 1.93. The van der Waals surface area contributed by atoms with Gasteiger partial charge in [0.05, 0.1) is 10.4 Å². The average molecular weight is 284 g/mol. The third-order valence-electron chi connectivity index (χ3n) is 1.39. The van der Waals surface area contributed by atoms with E-state index in [0.29, 0.717) is 0 Å². The number of aliphatic imine (C=N–C) groups is 1. The fraction of sp³-hybridized carbons (Fsp3) is 0.125. The molecule has 14 heavy (non-hydrogen) atoms. The van der Waals surface area contributed by atoms with Crippen molar-refractivity contribution in [3.05, 3.63) is 28.2 Å². The van der Waals surface area contributed by atoms with E-state index in [4.69, 9.17) is 17.3 Å². The highest BCUT2D eigenvalue weighted by Gasteiger charge is 2.07. The van der Waals surface area contributed by atoms with Crippen LogP contribution in [0.2, 0.25) is 0 Å². The molecule has 1 rings (SSSR count). The van der Waals surface area contributed by atoms with E-state index in [0.717, 1.165) is 6.07 Å². The molecule has 0 unspecified atom stereocenters. The number of halogens is 4. The van der Waals surface area contributed by atoms with E-state index in [2.05, 4.69) is 20.9 Å². The van der Waals surface area contributed by atoms with Crippen molar-refractivity contribution in [2.45, 2.75) is 0 Å². The molecule has 0 aliphatic heterocycles. The highest BCUT2D eigenvalue weighted by Crippen LogP contribution is 2.25. The molecular weight excluding hydrogens is 277 g/mol. The van der Waals surface area contributed by atoms with Gasteiger partial charge in [-0.2, -0.15) is 0 Å². The molecule has 6 heteroatoms. The summed E-state index contributed by atoms with van der Waals surface area (Å²) in [4.78, 5) is 3.67. The van der Waals surface area contributed by atoms with E-state index in [-0.39, 0.29) is 21.9 Å². The van der Waals surface area contributed by atoms with Gasteiger partial charge in [-0.1, -0.05) is 0 Å². The average Bonchev–Trinajstić information content (AvgIpc) is 2.14. The monoisotopic (exact) mass is 282 g/mol. The first-order valence-electron chi connectivity index (χ1n) is 3.58. The summed E-state index contributed by atoms with van der Waals surface area (Å²) >= 11 is 8.27. The van der Waals surface area contributed by atoms with Gasteiger partial charge in [-0.05, 0) is 22.0 Å². The predicted molar refractivity (Wildman–Crippen MR) is 56.1 cm³/mol. The van der Waals surface area contributed by atoms with E-state index in [1.165, 1.54) is 6.07 Å². The van der Waals surface area contributed by atoms with E-state index < -0.39 is 11.6 Å². The van der Waals surface area contributed by atoms with E-state index >= 15 is 0 Å². The lowest BCUT2D eigenvalue weighted by atomic mass is 10.3. The summed E-state index contributed by atoms with van der Waals surface area (Å²) in [5.41, 5.74) is 5.26. The highest BCUT2D eigenvalue weighted by molar-refractivity contribution is 9.10. The van der Waals surface area contributed by atoms with Crippen LogP contribution in [-0.2, 0) is 0 Å². The van der Waals surface area contributed by atoms with Crippen LogP contribution in [0.4, 0.5) is 14.5 Å². The number of benzene rings is 1. The molecule has 0 saturated carbocycles. The fourth-order valence-corrected chi connectivity index (χ4v) is 1.17. The summed E-state index contributed by atoms with van der Waals surface area (Å²) in [5, 5.41) is 0. The van der Waals surface area contributed by atoms with Crippen molar-refractivity contribution in [1.82, 2.24) is 0 Å². The van der Waals surface area contributed by atoms with Gasteiger partial charge in [-0.15, -0.1) is 11.6 Å². The van der Waals surface area contributed by atoms with Crippen molar-refractivity contribution in [3.8, 4) is 0 Å². The molecule has 0 fully saturated rings. The molecule has 2 nitrogen and oxygen atoms in total. The number of rotatable bonds is 2. The summed E-state index contributed by atoms with van der Waals surface area (Å²) in [6.45, 7) is 0. The Labute approximate surface area is 92.9 Å². The largest absolute Gasteiger partial charge is 0.386 e. The molecule has 0 spiro atoms. The zero-order valence-corrected chi connectivity index (χ0v) is 9.24. The standard InChI is InChI=1S/C8H6BrClF2N2/c9-4-1-7(14-8(13)3-10)6(12)2-5(4)11/h1-2H,3H2,(H2,13,14). The zero-order valence-electron chi connectivity index (χ0n) is 6.90. The van der Waals surface area contributed by atoms with Crippen LogP contribution in [0.3, 0.4) is 0 Å². The molecule has 0 bridgehead atoms. The van der Waals surface area contributed by atoms with Crippen LogP contribution in [0, 0.1) is 11.6 Å². The summed E-state index contributed by atoms with van der Waals surface area (Å²) < 4.78 is 26.0. The summed E-state index contributed by atoms with van der Waals surface area (Å²) in [5.74, 6) is -1.40. The molecule has 1 aromatic carbocycles. The van der Waals surface area contributed by atoms with Gasteiger partial charge in [-0.3, -0.25) is 0 Å². The molecule has 2 N–H and O–H groups in total. The topological polar surface area (TPSA) is 38.4 Å². The maximum absolute atomic E-state index is 13.1. The number of hydrogen-bond acceptors (Lipinski definition) is 1. The Bertz CT molecular complexity index is 382. The fourth-order valence-electron chi connectivity index (χ4n) is 0.782. The van der Waals surface area contributed by atoms with Gasteiger partial charge < -0.3 is 5.73 Å². The van der Waals surface area contributed by atoms with Crippen molar-refractivity contribution in [1.29, 1.82) is 0 Å². The summed E-state index contributed by atoms with van der Waals surface area (Å²) in [7, 11) is 0. The van der Waals surface area contributed by atoms with Crippen LogP contribution in [0.1, 0.15) is 0 Å². The first-order chi connectivity index (χ1) is 6.54. The second-order valence-corrected chi connectivity index (χ2v) is 3.58. The van der Waals surface area contributed by atoms with E-state index in [1.807, 2.05) is 0 Å². The van der Waals surface area contributed by atoms with Crippen molar-refractivity contribution in [2.75, 3.05) is 5.88 Å². The van der Waals surface area contributed by atoms with Crippen LogP contribution in [0.25, 0.3) is 0 Å². The van der Waals surface area contributed by atoms with Crippen molar-refractivity contribution in [3.63, 3.8) is 0 Å². The molecule has 0 aromatic heterocycles. The lowest BCUT2D eigenvalue weighted by Gasteiger charge is -2.00. The minimum atomic E-state index is -0.779. The maximum Gasteiger partial charge on any atom is 0.151 e. The minimum Gasteiger partial charge on any atom is -0.386 e. The van der Waals surface area contributed by atoms with Gasteiger partial charge in [-0.25, -0.2) is 13.8 Å². The first kappa shape index (κ1) is 11.4. The molecule has 0 aliphatic rings. The van der Waals surface area contributed by atoms with Crippen LogP contribution >= 0.6 is 27.5 Å². The Hall–Kier alpha value is -0.680. The number of nitrogens with two attached hydrogens (primary N) is 1. The Morgan fingerprint density at radius 3 is 2.64 bits per heavy atom. The Balaban J connectivity index is 3.16. The number of hydrogen-bond donors (Lipinski definition) is 1. The highest BCUT2D eigenvalue weighted by atomic mass is 79.9. The molecule has 0 amide bonds. The van der Waals surface area contributed by atoms with Crippen LogP contribution < -0.4 is 5.73 Å². The quantitative estimate of drug-likeness (QED) is 0.385. The lowest BCUT2D eigenvalue weighted by molar-refractivity contribution is 0.580. The zero-order chi connectivity index (χ0) is 10.7. The van der Waals surface area contributed by atoms with E-state index in [9.17, 15) is 8.78 Å². The van der Waals surface area contributed by atoms with Gasteiger partial charge in [0.25, 0.3) is 0 Å². The van der Waals surface area contributed by atoms with Gasteiger partial charge in [0.2, 0.25) is 0 Å². The minimum absolute atomic E-state index is 0.00552. The van der Waals surface area contributed by atoms with Gasteiger partial charge in [0.1, 0.15) is 17.3 Å². The predicted octanol–water partition coefficient (Wildman–Crippen LogP) is 2.95. The number of nitrogens with zero attached hydrogens (tertiary/aromatic N) is 1. The molecule has 76 valence electrons. The van der Waals surface area contributed by atoms with Crippen molar-refractivity contribution < 1.29 is 8.78 Å². The number of amidine groups is 1. The van der Waals surface area contributed by atoms with Crippen LogP contribution in [-0.4, -0.2) is 11.7 Å². The molecule has 1 aromatic rings. The molecule has 0 heterocycles. The Morgan fingerprint density at radius 1 is 1.43 bits per heavy atom. The van der Waals surface area contributed by atoms with Gasteiger partial charge >= 0.3 is 0 Å². The summed E-state index contributed by atoms with van der Waals surface area (Å²) in [6.07, 6.45) is 0. The molecule has 0 atom stereocenters. The number of alkyl halides is 1. The third kappa shape index (κ3) is 2.65. The second-order valence-electron chi connectivity index (χ2n) is 2.45. The van der Waals surface area contributed by atoms with E-state index in [1.54, 1.807) is 0 Å². The van der Waals surface area contributed by atoms with Crippen molar-refractivity contribution >= 4 is 39.1 Å². The van der Waals surface area contributed by atoms with Crippen molar-refractivity contribution in [2.24, 2.45) is 10.7 Å². The SMILES string of the molecule is NC(CCl)=Nc1cc(Br)c(F)cc1F. The van der Waals surface area contributed by atoms with Gasteiger partial charge in [0, 0.05) is 6.07 Å². The first-order valence-corrected chi connectivity index (χ1v) is 4.91. The molecule has 0 aliphatic carbocycles. The van der Waals surface area contributed by atoms with Crippen LogP contribution in [0.15, 0.2) is 21.6 Å². The Morgan fingerprint density at radius 2 is 2.07 bits per heavy atom. The Kier molecular flexibility index (Phi) is 3.83. The maximum atomic E-state index is 13.1. The van der Waals surface area contributed by atoms with Crippen LogP contribution in [0.5, 0.6) is 0 Å². The third-order valence-corrected chi connectivity index (χ3v) is 2.27. The lowest BCUT2D eigenvalue weighted by Crippen LogP contribution is -2.12.